The largest absolute Gasteiger partial charge is 0.362 e. The highest BCUT2D eigenvalue weighted by atomic mass is 16.2. The number of carbonyl (C=O) groups excluding carboxylic acids is 1. The molecule has 0 fully saturated rings. The fraction of sp³-hybridized carbons (Fsp3) is 0.333. The van der Waals surface area contributed by atoms with E-state index in [0.717, 1.165) is 57.8 Å². The quantitative estimate of drug-likeness (QED) is 0.493. The van der Waals surface area contributed by atoms with E-state index in [1.54, 1.807) is 0 Å². The van der Waals surface area contributed by atoms with Gasteiger partial charge in [0.1, 0.15) is 0 Å². The van der Waals surface area contributed by atoms with E-state index >= 15 is 0 Å². The van der Waals surface area contributed by atoms with E-state index in [-0.39, 0.29) is 5.91 Å². The Hall–Kier alpha value is -3.68. The smallest absolute Gasteiger partial charge is 0.251 e. The van der Waals surface area contributed by atoms with Crippen LogP contribution in [0.3, 0.4) is 0 Å². The fourth-order valence-electron chi connectivity index (χ4n) is 4.52. The highest BCUT2D eigenvalue weighted by Gasteiger charge is 2.33. The third kappa shape index (κ3) is 3.05. The van der Waals surface area contributed by atoms with Crippen molar-refractivity contribution < 1.29 is 4.79 Å². The van der Waals surface area contributed by atoms with E-state index in [1.165, 1.54) is 5.56 Å². The Bertz CT molecular complexity index is 1350. The molecule has 8 nitrogen and oxygen atoms in total. The van der Waals surface area contributed by atoms with Gasteiger partial charge in [-0.25, -0.2) is 0 Å². The van der Waals surface area contributed by atoms with Crippen molar-refractivity contribution in [2.24, 2.45) is 7.05 Å². The third-order valence-corrected chi connectivity index (χ3v) is 6.18. The van der Waals surface area contributed by atoms with Crippen LogP contribution >= 0.6 is 0 Å². The zero-order valence-electron chi connectivity index (χ0n) is 19.1. The molecule has 0 N–H and O–H groups in total. The van der Waals surface area contributed by atoms with E-state index in [2.05, 4.69) is 29.3 Å². The van der Waals surface area contributed by atoms with Gasteiger partial charge in [0.15, 0.2) is 0 Å². The number of likely N-dealkylation sites (N-methyl/N-ethyl adjacent to an activating group) is 1. The lowest BCUT2D eigenvalue weighted by Crippen LogP contribution is -2.42. The maximum atomic E-state index is 13.4. The molecule has 164 valence electrons. The second-order valence-electron chi connectivity index (χ2n) is 8.32. The standard InChI is InChI=1S/C24H27N7O/c1-6-16-8-20-19(9-18(16)17-10-26-29(5)12-17)24-21(11-25-20)28(4)14-23(32)31(24)22-13-30(7-2)27-15(22)3/h8-13H,6-7,14H2,1-5H3. The average Bonchev–Trinajstić information content (AvgIpc) is 3.38. The maximum Gasteiger partial charge on any atom is 0.251 e. The summed E-state index contributed by atoms with van der Waals surface area (Å²) in [5.74, 6) is 0.0220. The molecule has 0 atom stereocenters. The molecule has 4 aromatic rings. The maximum absolute atomic E-state index is 13.4. The monoisotopic (exact) mass is 429 g/mol. The van der Waals surface area contributed by atoms with E-state index in [4.69, 9.17) is 4.98 Å². The number of aryl methyl sites for hydroxylation is 4. The van der Waals surface area contributed by atoms with Crippen LogP contribution in [-0.2, 0) is 24.8 Å². The SMILES string of the molecule is CCc1cc2ncc3c(c2cc1-c1cnn(C)c1)N(c1cn(CC)nc1C)C(=O)CN3C. The zero-order valence-corrected chi connectivity index (χ0v) is 19.1. The number of nitrogens with zero attached hydrogens (tertiary/aromatic N) is 7. The highest BCUT2D eigenvalue weighted by Crippen LogP contribution is 2.44. The summed E-state index contributed by atoms with van der Waals surface area (Å²) in [7, 11) is 3.86. The van der Waals surface area contributed by atoms with E-state index in [9.17, 15) is 4.79 Å². The van der Waals surface area contributed by atoms with Crippen molar-refractivity contribution in [1.29, 1.82) is 0 Å². The number of amides is 1. The van der Waals surface area contributed by atoms with Gasteiger partial charge in [-0.1, -0.05) is 6.92 Å². The molecule has 0 spiro atoms. The first kappa shape index (κ1) is 20.2. The Kier molecular flexibility index (Phi) is 4.73. The fourth-order valence-corrected chi connectivity index (χ4v) is 4.52. The molecule has 0 aliphatic carbocycles. The molecule has 1 aliphatic rings. The first-order valence-electron chi connectivity index (χ1n) is 10.9. The van der Waals surface area contributed by atoms with Crippen molar-refractivity contribution >= 4 is 33.9 Å². The van der Waals surface area contributed by atoms with Gasteiger partial charge in [0, 0.05) is 44.0 Å². The minimum atomic E-state index is 0.0220. The molecule has 3 aromatic heterocycles. The topological polar surface area (TPSA) is 72.1 Å². The minimum absolute atomic E-state index is 0.0220. The number of carbonyl (C=O) groups is 1. The molecule has 32 heavy (non-hydrogen) atoms. The molecule has 0 unspecified atom stereocenters. The summed E-state index contributed by atoms with van der Waals surface area (Å²) in [6.45, 7) is 7.18. The molecule has 1 aromatic carbocycles. The van der Waals surface area contributed by atoms with Gasteiger partial charge < -0.3 is 4.90 Å². The van der Waals surface area contributed by atoms with Crippen molar-refractivity contribution in [3.8, 4) is 11.1 Å². The van der Waals surface area contributed by atoms with Gasteiger partial charge in [-0.15, -0.1) is 0 Å². The molecule has 0 saturated carbocycles. The second kappa shape index (κ2) is 7.47. The molecule has 0 saturated heterocycles. The van der Waals surface area contributed by atoms with Crippen molar-refractivity contribution in [3.63, 3.8) is 0 Å². The lowest BCUT2D eigenvalue weighted by Gasteiger charge is -2.35. The van der Waals surface area contributed by atoms with Gasteiger partial charge in [-0.2, -0.15) is 10.2 Å². The summed E-state index contributed by atoms with van der Waals surface area (Å²) in [6, 6.07) is 4.30. The van der Waals surface area contributed by atoms with Crippen molar-refractivity contribution in [3.05, 3.63) is 48.2 Å². The van der Waals surface area contributed by atoms with Crippen LogP contribution in [0.2, 0.25) is 0 Å². The molecule has 0 bridgehead atoms. The summed E-state index contributed by atoms with van der Waals surface area (Å²) in [5.41, 5.74) is 7.70. The van der Waals surface area contributed by atoms with Crippen molar-refractivity contribution in [2.75, 3.05) is 23.4 Å². The van der Waals surface area contributed by atoms with Gasteiger partial charge in [-0.05, 0) is 43.5 Å². The first-order valence-corrected chi connectivity index (χ1v) is 10.9. The van der Waals surface area contributed by atoms with Gasteiger partial charge in [0.2, 0.25) is 0 Å². The Morgan fingerprint density at radius 2 is 1.88 bits per heavy atom. The Balaban J connectivity index is 1.82. The molecule has 5 rings (SSSR count). The molecular formula is C24H27N7O. The summed E-state index contributed by atoms with van der Waals surface area (Å²) in [6.07, 6.45) is 8.61. The molecule has 0 radical (unpaired) electrons. The number of rotatable bonds is 4. The summed E-state index contributed by atoms with van der Waals surface area (Å²) >= 11 is 0. The summed E-state index contributed by atoms with van der Waals surface area (Å²) in [5, 5.41) is 9.90. The van der Waals surface area contributed by atoms with Crippen LogP contribution in [-0.4, -0.2) is 44.0 Å². The van der Waals surface area contributed by atoms with Crippen molar-refractivity contribution in [2.45, 2.75) is 33.7 Å². The van der Waals surface area contributed by atoms with Gasteiger partial charge >= 0.3 is 0 Å². The Morgan fingerprint density at radius 3 is 2.53 bits per heavy atom. The number of hydrogen-bond donors (Lipinski definition) is 0. The van der Waals surface area contributed by atoms with Crippen LogP contribution in [0.25, 0.3) is 22.0 Å². The Morgan fingerprint density at radius 1 is 1.06 bits per heavy atom. The van der Waals surface area contributed by atoms with E-state index < -0.39 is 0 Å². The second-order valence-corrected chi connectivity index (χ2v) is 8.32. The van der Waals surface area contributed by atoms with Gasteiger partial charge in [-0.3, -0.25) is 24.0 Å². The first-order chi connectivity index (χ1) is 15.4. The lowest BCUT2D eigenvalue weighted by molar-refractivity contribution is -0.116. The molecular weight excluding hydrogens is 402 g/mol. The lowest BCUT2D eigenvalue weighted by atomic mass is 9.96. The highest BCUT2D eigenvalue weighted by molar-refractivity contribution is 6.16. The third-order valence-electron chi connectivity index (χ3n) is 6.18. The molecule has 8 heteroatoms. The number of hydrogen-bond acceptors (Lipinski definition) is 5. The number of benzene rings is 1. The van der Waals surface area contributed by atoms with E-state index in [1.807, 2.05) is 71.9 Å². The molecule has 4 heterocycles. The normalized spacial score (nSPS) is 13.8. The van der Waals surface area contributed by atoms with Crippen LogP contribution in [0.1, 0.15) is 25.1 Å². The molecule has 1 amide bonds. The molecule has 1 aliphatic heterocycles. The summed E-state index contributed by atoms with van der Waals surface area (Å²) < 4.78 is 3.68. The van der Waals surface area contributed by atoms with Crippen molar-refractivity contribution in [1.82, 2.24) is 24.5 Å². The zero-order chi connectivity index (χ0) is 22.6. The van der Waals surface area contributed by atoms with Crippen LogP contribution in [0.5, 0.6) is 0 Å². The average molecular weight is 430 g/mol. The predicted octanol–water partition coefficient (Wildman–Crippen LogP) is 3.84. The van der Waals surface area contributed by atoms with Gasteiger partial charge in [0.05, 0.1) is 47.2 Å². The van der Waals surface area contributed by atoms with Crippen LogP contribution in [0.15, 0.2) is 36.9 Å². The minimum Gasteiger partial charge on any atom is -0.362 e. The summed E-state index contributed by atoms with van der Waals surface area (Å²) in [4.78, 5) is 21.9. The van der Waals surface area contributed by atoms with Crippen LogP contribution in [0, 0.1) is 6.92 Å². The van der Waals surface area contributed by atoms with Crippen LogP contribution < -0.4 is 9.80 Å². The van der Waals surface area contributed by atoms with E-state index in [0.29, 0.717) is 6.54 Å². The number of anilines is 3. The Labute approximate surface area is 187 Å². The predicted molar refractivity (Wildman–Crippen MR) is 126 cm³/mol. The number of aromatic nitrogens is 5. The van der Waals surface area contributed by atoms with Crippen LogP contribution in [0.4, 0.5) is 17.1 Å². The number of pyridine rings is 1. The number of fused-ring (bicyclic) bond motifs is 3. The van der Waals surface area contributed by atoms with Gasteiger partial charge in [0.25, 0.3) is 5.91 Å².